The van der Waals surface area contributed by atoms with E-state index in [2.05, 4.69) is 45.8 Å². The molecule has 28 heavy (non-hydrogen) atoms. The summed E-state index contributed by atoms with van der Waals surface area (Å²) in [6.07, 6.45) is 4.75. The number of ether oxygens (including phenoxy) is 2. The minimum atomic E-state index is 0. The molecular formula is C20H32IN5O2. The summed E-state index contributed by atoms with van der Waals surface area (Å²) in [7, 11) is 3.47. The van der Waals surface area contributed by atoms with E-state index in [1.165, 1.54) is 5.56 Å². The average molecular weight is 501 g/mol. The highest BCUT2D eigenvalue weighted by Crippen LogP contribution is 2.20. The first-order chi connectivity index (χ1) is 13.1. The first-order valence-electron chi connectivity index (χ1n) is 9.27. The highest BCUT2D eigenvalue weighted by atomic mass is 127. The van der Waals surface area contributed by atoms with E-state index in [-0.39, 0.29) is 24.0 Å². The number of halogens is 1. The van der Waals surface area contributed by atoms with Crippen LogP contribution in [-0.2, 0) is 17.8 Å². The fourth-order valence-electron chi connectivity index (χ4n) is 2.61. The van der Waals surface area contributed by atoms with E-state index >= 15 is 0 Å². The van der Waals surface area contributed by atoms with Gasteiger partial charge in [0, 0.05) is 52.0 Å². The molecule has 0 saturated heterocycles. The predicted molar refractivity (Wildman–Crippen MR) is 124 cm³/mol. The lowest BCUT2D eigenvalue weighted by atomic mass is 10.1. The zero-order chi connectivity index (χ0) is 19.5. The zero-order valence-corrected chi connectivity index (χ0v) is 19.5. The molecule has 2 N–H and O–H groups in total. The van der Waals surface area contributed by atoms with Crippen LogP contribution in [0.3, 0.4) is 0 Å². The predicted octanol–water partition coefficient (Wildman–Crippen LogP) is 2.90. The zero-order valence-electron chi connectivity index (χ0n) is 17.2. The maximum Gasteiger partial charge on any atom is 0.191 e. The van der Waals surface area contributed by atoms with Crippen LogP contribution in [-0.4, -0.2) is 49.7 Å². The van der Waals surface area contributed by atoms with Crippen molar-refractivity contribution in [3.8, 4) is 5.75 Å². The Morgan fingerprint density at radius 1 is 1.18 bits per heavy atom. The van der Waals surface area contributed by atoms with Crippen LogP contribution < -0.4 is 15.4 Å². The summed E-state index contributed by atoms with van der Waals surface area (Å²) in [5.41, 5.74) is 3.44. The maximum absolute atomic E-state index is 5.94. The minimum absolute atomic E-state index is 0. The Balaban J connectivity index is 0.00000392. The highest BCUT2D eigenvalue weighted by Gasteiger charge is 2.06. The van der Waals surface area contributed by atoms with E-state index in [9.17, 15) is 0 Å². The van der Waals surface area contributed by atoms with Crippen molar-refractivity contribution >= 4 is 29.9 Å². The van der Waals surface area contributed by atoms with Gasteiger partial charge in [-0.1, -0.05) is 12.1 Å². The van der Waals surface area contributed by atoms with E-state index in [0.717, 1.165) is 42.3 Å². The van der Waals surface area contributed by atoms with Gasteiger partial charge in [-0.25, -0.2) is 0 Å². The monoisotopic (exact) mass is 501 g/mol. The minimum Gasteiger partial charge on any atom is -0.493 e. The number of aromatic nitrogens is 2. The Labute approximate surface area is 184 Å². The number of rotatable bonds is 10. The van der Waals surface area contributed by atoms with Crippen molar-refractivity contribution in [2.75, 3.05) is 33.9 Å². The summed E-state index contributed by atoms with van der Waals surface area (Å²) in [4.78, 5) is 4.28. The average Bonchev–Trinajstić information content (AvgIpc) is 3.08. The molecular weight excluding hydrogens is 469 g/mol. The Kier molecular flexibility index (Phi) is 11.6. The van der Waals surface area contributed by atoms with Crippen LogP contribution in [0.5, 0.6) is 5.75 Å². The second-order valence-electron chi connectivity index (χ2n) is 6.44. The fraction of sp³-hybridized carbons (Fsp3) is 0.500. The lowest BCUT2D eigenvalue weighted by Crippen LogP contribution is -2.38. The molecule has 0 bridgehead atoms. The van der Waals surface area contributed by atoms with Crippen LogP contribution in [0.1, 0.15) is 23.1 Å². The Morgan fingerprint density at radius 3 is 2.68 bits per heavy atom. The lowest BCUT2D eigenvalue weighted by molar-refractivity contribution is 0.172. The summed E-state index contributed by atoms with van der Waals surface area (Å²) in [5, 5.41) is 10.9. The molecule has 2 rings (SSSR count). The lowest BCUT2D eigenvalue weighted by Gasteiger charge is -2.15. The van der Waals surface area contributed by atoms with Gasteiger partial charge in [-0.15, -0.1) is 24.0 Å². The molecule has 2 aromatic rings. The SMILES string of the molecule is CN=C(NCCn1cc(C)cn1)NCc1ccc(C)cc1OCCCOC.I. The number of benzene rings is 1. The van der Waals surface area contributed by atoms with Crippen LogP contribution in [0.25, 0.3) is 0 Å². The summed E-state index contributed by atoms with van der Waals surface area (Å²) in [6.45, 7) is 7.61. The molecule has 0 aliphatic rings. The standard InChI is InChI=1S/C20H31N5O2.HI/c1-16-6-7-18(19(12-16)27-11-5-10-26-4)14-23-20(21-3)22-8-9-25-15-17(2)13-24-25;/h6-7,12-13,15H,5,8-11,14H2,1-4H3,(H2,21,22,23);1H. The Morgan fingerprint density at radius 2 is 2.00 bits per heavy atom. The fourth-order valence-corrected chi connectivity index (χ4v) is 2.61. The van der Waals surface area contributed by atoms with Crippen molar-refractivity contribution in [1.82, 2.24) is 20.4 Å². The topological polar surface area (TPSA) is 72.7 Å². The Hall–Kier alpha value is -1.81. The highest BCUT2D eigenvalue weighted by molar-refractivity contribution is 14.0. The normalized spacial score (nSPS) is 11.1. The van der Waals surface area contributed by atoms with E-state index in [0.29, 0.717) is 19.8 Å². The van der Waals surface area contributed by atoms with Crippen LogP contribution in [0, 0.1) is 13.8 Å². The molecule has 1 aromatic heterocycles. The second-order valence-corrected chi connectivity index (χ2v) is 6.44. The smallest absolute Gasteiger partial charge is 0.191 e. The van der Waals surface area contributed by atoms with Crippen molar-refractivity contribution in [3.05, 3.63) is 47.3 Å². The number of nitrogens with one attached hydrogen (secondary N) is 2. The van der Waals surface area contributed by atoms with Gasteiger partial charge in [0.1, 0.15) is 5.75 Å². The van der Waals surface area contributed by atoms with Crippen molar-refractivity contribution < 1.29 is 9.47 Å². The molecule has 0 spiro atoms. The molecule has 0 amide bonds. The van der Waals surface area contributed by atoms with Gasteiger partial charge in [0.15, 0.2) is 5.96 Å². The Bertz CT molecular complexity index is 733. The molecule has 0 radical (unpaired) electrons. The van der Waals surface area contributed by atoms with Crippen LogP contribution in [0.2, 0.25) is 0 Å². The third-order valence-corrected chi connectivity index (χ3v) is 4.04. The molecule has 156 valence electrons. The van der Waals surface area contributed by atoms with Gasteiger partial charge in [0.25, 0.3) is 0 Å². The molecule has 0 unspecified atom stereocenters. The van der Waals surface area contributed by atoms with Gasteiger partial charge in [-0.05, 0) is 31.0 Å². The summed E-state index contributed by atoms with van der Waals surface area (Å²) in [5.74, 6) is 1.66. The third kappa shape index (κ3) is 8.47. The second kappa shape index (κ2) is 13.4. The van der Waals surface area contributed by atoms with Crippen LogP contribution in [0.4, 0.5) is 0 Å². The van der Waals surface area contributed by atoms with Gasteiger partial charge < -0.3 is 20.1 Å². The molecule has 0 saturated carbocycles. The molecule has 0 aliphatic heterocycles. The van der Waals surface area contributed by atoms with Gasteiger partial charge in [0.2, 0.25) is 0 Å². The summed E-state index contributed by atoms with van der Waals surface area (Å²) in [6, 6.07) is 6.25. The molecule has 8 heteroatoms. The van der Waals surface area contributed by atoms with Crippen molar-refractivity contribution in [1.29, 1.82) is 0 Å². The van der Waals surface area contributed by atoms with Gasteiger partial charge in [0.05, 0.1) is 19.3 Å². The van der Waals surface area contributed by atoms with E-state index in [4.69, 9.17) is 9.47 Å². The number of aryl methyl sites for hydroxylation is 2. The molecule has 0 aliphatic carbocycles. The first kappa shape index (κ1) is 24.2. The first-order valence-corrected chi connectivity index (χ1v) is 9.27. The summed E-state index contributed by atoms with van der Waals surface area (Å²) < 4.78 is 12.9. The van der Waals surface area contributed by atoms with Gasteiger partial charge >= 0.3 is 0 Å². The quantitative estimate of drug-likeness (QED) is 0.227. The molecule has 1 aromatic carbocycles. The number of hydrogen-bond donors (Lipinski definition) is 2. The number of aliphatic imine (C=N–C) groups is 1. The van der Waals surface area contributed by atoms with Crippen molar-refractivity contribution in [2.45, 2.75) is 33.4 Å². The van der Waals surface area contributed by atoms with E-state index in [1.807, 2.05) is 24.0 Å². The number of nitrogens with zero attached hydrogens (tertiary/aromatic N) is 3. The van der Waals surface area contributed by atoms with Crippen LogP contribution in [0.15, 0.2) is 35.6 Å². The summed E-state index contributed by atoms with van der Waals surface area (Å²) >= 11 is 0. The molecule has 1 heterocycles. The molecule has 7 nitrogen and oxygen atoms in total. The number of guanidine groups is 1. The largest absolute Gasteiger partial charge is 0.493 e. The maximum atomic E-state index is 5.94. The number of methoxy groups -OCH3 is 1. The van der Waals surface area contributed by atoms with E-state index in [1.54, 1.807) is 14.2 Å². The van der Waals surface area contributed by atoms with Crippen LogP contribution >= 0.6 is 24.0 Å². The molecule has 0 atom stereocenters. The van der Waals surface area contributed by atoms with Crippen molar-refractivity contribution in [2.24, 2.45) is 4.99 Å². The number of hydrogen-bond acceptors (Lipinski definition) is 4. The van der Waals surface area contributed by atoms with Crippen molar-refractivity contribution in [3.63, 3.8) is 0 Å². The molecule has 0 fully saturated rings. The van der Waals surface area contributed by atoms with E-state index < -0.39 is 0 Å². The van der Waals surface area contributed by atoms with Gasteiger partial charge in [-0.3, -0.25) is 9.67 Å². The third-order valence-electron chi connectivity index (χ3n) is 4.04. The van der Waals surface area contributed by atoms with Gasteiger partial charge in [-0.2, -0.15) is 5.10 Å².